The number of hydrogen-bond acceptors (Lipinski definition) is 2. The second-order valence-electron chi connectivity index (χ2n) is 2.74. The predicted octanol–water partition coefficient (Wildman–Crippen LogP) is 2.86. The van der Waals surface area contributed by atoms with Gasteiger partial charge in [0.15, 0.2) is 12.1 Å². The standard InChI is InChI=1S/C10H10ClFO2/c1-3-6-7(5-13)10(12)8(11)4-9(6)14-2/h4-5H,3H2,1-2H3. The monoisotopic (exact) mass is 216 g/mol. The molecule has 0 bridgehead atoms. The number of rotatable bonds is 3. The number of ether oxygens (including phenoxy) is 1. The fourth-order valence-corrected chi connectivity index (χ4v) is 1.53. The lowest BCUT2D eigenvalue weighted by Crippen LogP contribution is -2.00. The molecule has 0 spiro atoms. The molecule has 0 radical (unpaired) electrons. The van der Waals surface area contributed by atoms with Crippen LogP contribution in [-0.2, 0) is 6.42 Å². The van der Waals surface area contributed by atoms with Crippen LogP contribution in [0.5, 0.6) is 5.75 Å². The molecule has 0 amide bonds. The minimum Gasteiger partial charge on any atom is -0.496 e. The Morgan fingerprint density at radius 1 is 1.64 bits per heavy atom. The molecule has 0 saturated carbocycles. The van der Waals surface area contributed by atoms with Crippen LogP contribution in [0.1, 0.15) is 22.8 Å². The zero-order valence-electron chi connectivity index (χ0n) is 7.93. The van der Waals surface area contributed by atoms with E-state index in [9.17, 15) is 9.18 Å². The number of methoxy groups -OCH3 is 1. The first kappa shape index (κ1) is 11.0. The van der Waals surface area contributed by atoms with Crippen molar-refractivity contribution in [2.45, 2.75) is 13.3 Å². The maximum absolute atomic E-state index is 13.3. The number of carbonyl (C=O) groups excluding carboxylic acids is 1. The Labute approximate surface area is 86.6 Å². The van der Waals surface area contributed by atoms with E-state index in [2.05, 4.69) is 0 Å². The normalized spacial score (nSPS) is 10.0. The third kappa shape index (κ3) is 1.73. The van der Waals surface area contributed by atoms with Crippen LogP contribution in [-0.4, -0.2) is 13.4 Å². The molecular formula is C10H10ClFO2. The lowest BCUT2D eigenvalue weighted by molar-refractivity contribution is 0.111. The van der Waals surface area contributed by atoms with E-state index in [1.807, 2.05) is 6.92 Å². The fraction of sp³-hybridized carbons (Fsp3) is 0.300. The van der Waals surface area contributed by atoms with Gasteiger partial charge < -0.3 is 4.74 Å². The Hall–Kier alpha value is -1.09. The third-order valence-corrected chi connectivity index (χ3v) is 2.29. The number of aldehydes is 1. The van der Waals surface area contributed by atoms with Crippen molar-refractivity contribution in [2.75, 3.05) is 7.11 Å². The summed E-state index contributed by atoms with van der Waals surface area (Å²) >= 11 is 5.59. The van der Waals surface area contributed by atoms with E-state index < -0.39 is 5.82 Å². The molecule has 0 aliphatic rings. The van der Waals surface area contributed by atoms with E-state index >= 15 is 0 Å². The molecule has 76 valence electrons. The van der Waals surface area contributed by atoms with Crippen molar-refractivity contribution in [2.24, 2.45) is 0 Å². The Morgan fingerprint density at radius 3 is 2.71 bits per heavy atom. The summed E-state index contributed by atoms with van der Waals surface area (Å²) in [6.07, 6.45) is 0.980. The molecule has 0 aromatic heterocycles. The highest BCUT2D eigenvalue weighted by atomic mass is 35.5. The summed E-state index contributed by atoms with van der Waals surface area (Å²) in [5.41, 5.74) is 0.529. The Balaban J connectivity index is 3.49. The van der Waals surface area contributed by atoms with Crippen molar-refractivity contribution >= 4 is 17.9 Å². The Morgan fingerprint density at radius 2 is 2.29 bits per heavy atom. The maximum atomic E-state index is 13.3. The van der Waals surface area contributed by atoms with Gasteiger partial charge in [-0.2, -0.15) is 0 Å². The summed E-state index contributed by atoms with van der Waals surface area (Å²) in [5.74, 6) is -0.236. The van der Waals surface area contributed by atoms with Gasteiger partial charge in [-0.1, -0.05) is 18.5 Å². The zero-order valence-corrected chi connectivity index (χ0v) is 8.69. The second kappa shape index (κ2) is 4.42. The second-order valence-corrected chi connectivity index (χ2v) is 3.15. The quantitative estimate of drug-likeness (QED) is 0.727. The van der Waals surface area contributed by atoms with Crippen LogP contribution in [0.2, 0.25) is 5.02 Å². The predicted molar refractivity (Wildman–Crippen MR) is 52.7 cm³/mol. The molecule has 1 aromatic rings. The molecule has 0 unspecified atom stereocenters. The summed E-state index contributed by atoms with van der Waals surface area (Å²) in [6, 6.07) is 1.38. The van der Waals surface area contributed by atoms with Gasteiger partial charge in [0.2, 0.25) is 0 Å². The number of hydrogen-bond donors (Lipinski definition) is 0. The SMILES string of the molecule is CCc1c(OC)cc(Cl)c(F)c1C=O. The molecule has 0 aliphatic heterocycles. The highest BCUT2D eigenvalue weighted by molar-refractivity contribution is 6.31. The van der Waals surface area contributed by atoms with Crippen LogP contribution < -0.4 is 4.74 Å². The zero-order chi connectivity index (χ0) is 10.7. The van der Waals surface area contributed by atoms with Crippen LogP contribution >= 0.6 is 11.6 Å². The van der Waals surface area contributed by atoms with Crippen LogP contribution in [0.15, 0.2) is 6.07 Å². The van der Waals surface area contributed by atoms with E-state index in [1.54, 1.807) is 0 Å². The van der Waals surface area contributed by atoms with Crippen molar-refractivity contribution in [3.63, 3.8) is 0 Å². The van der Waals surface area contributed by atoms with Crippen molar-refractivity contribution in [3.8, 4) is 5.75 Å². The summed E-state index contributed by atoms with van der Waals surface area (Å²) in [5, 5.41) is -0.0962. The van der Waals surface area contributed by atoms with Gasteiger partial charge in [-0.15, -0.1) is 0 Å². The van der Waals surface area contributed by atoms with Crippen LogP contribution in [0, 0.1) is 5.82 Å². The van der Waals surface area contributed by atoms with Crippen LogP contribution in [0.25, 0.3) is 0 Å². The van der Waals surface area contributed by atoms with Crippen LogP contribution in [0.3, 0.4) is 0 Å². The van der Waals surface area contributed by atoms with E-state index in [0.29, 0.717) is 24.0 Å². The van der Waals surface area contributed by atoms with Gasteiger partial charge in [0, 0.05) is 11.6 Å². The third-order valence-electron chi connectivity index (χ3n) is 2.02. The van der Waals surface area contributed by atoms with Crippen molar-refractivity contribution in [3.05, 3.63) is 28.0 Å². The van der Waals surface area contributed by atoms with Crippen LogP contribution in [0.4, 0.5) is 4.39 Å². The first-order chi connectivity index (χ1) is 6.65. The molecule has 1 aromatic carbocycles. The summed E-state index contributed by atoms with van der Waals surface area (Å²) in [7, 11) is 1.46. The number of halogens is 2. The maximum Gasteiger partial charge on any atom is 0.153 e. The van der Waals surface area contributed by atoms with Gasteiger partial charge >= 0.3 is 0 Å². The lowest BCUT2D eigenvalue weighted by Gasteiger charge is -2.10. The highest BCUT2D eigenvalue weighted by Gasteiger charge is 2.15. The summed E-state index contributed by atoms with van der Waals surface area (Å²) in [6.45, 7) is 1.82. The minimum absolute atomic E-state index is 0.0168. The molecule has 0 aliphatic carbocycles. The lowest BCUT2D eigenvalue weighted by atomic mass is 10.0. The van der Waals surface area contributed by atoms with Gasteiger partial charge in [0.05, 0.1) is 17.7 Å². The average Bonchev–Trinajstić information content (AvgIpc) is 2.20. The molecule has 1 rings (SSSR count). The fourth-order valence-electron chi connectivity index (χ4n) is 1.33. The van der Waals surface area contributed by atoms with E-state index in [-0.39, 0.29) is 10.6 Å². The topological polar surface area (TPSA) is 26.3 Å². The molecule has 0 heterocycles. The molecule has 0 atom stereocenters. The molecule has 4 heteroatoms. The average molecular weight is 217 g/mol. The molecule has 0 saturated heterocycles. The van der Waals surface area contributed by atoms with E-state index in [0.717, 1.165) is 0 Å². The molecule has 0 fully saturated rings. The number of carbonyl (C=O) groups is 1. The molecule has 0 N–H and O–H groups in total. The van der Waals surface area contributed by atoms with Gasteiger partial charge in [0.1, 0.15) is 5.75 Å². The Kier molecular flexibility index (Phi) is 3.47. The van der Waals surface area contributed by atoms with Gasteiger partial charge in [-0.3, -0.25) is 4.79 Å². The van der Waals surface area contributed by atoms with Crippen molar-refractivity contribution < 1.29 is 13.9 Å². The first-order valence-corrected chi connectivity index (χ1v) is 4.53. The minimum atomic E-state index is -0.681. The smallest absolute Gasteiger partial charge is 0.153 e. The van der Waals surface area contributed by atoms with Gasteiger partial charge in [-0.05, 0) is 6.42 Å². The Bertz CT molecular complexity index is 364. The van der Waals surface area contributed by atoms with Gasteiger partial charge in [-0.25, -0.2) is 4.39 Å². The number of benzene rings is 1. The molecule has 14 heavy (non-hydrogen) atoms. The summed E-state index contributed by atoms with van der Waals surface area (Å²) in [4.78, 5) is 10.7. The molecule has 2 nitrogen and oxygen atoms in total. The van der Waals surface area contributed by atoms with E-state index in [4.69, 9.17) is 16.3 Å². The van der Waals surface area contributed by atoms with E-state index in [1.165, 1.54) is 13.2 Å². The summed E-state index contributed by atoms with van der Waals surface area (Å²) < 4.78 is 18.4. The first-order valence-electron chi connectivity index (χ1n) is 4.15. The van der Waals surface area contributed by atoms with Crippen molar-refractivity contribution in [1.29, 1.82) is 0 Å². The largest absolute Gasteiger partial charge is 0.496 e. The van der Waals surface area contributed by atoms with Gasteiger partial charge in [0.25, 0.3) is 0 Å². The highest BCUT2D eigenvalue weighted by Crippen LogP contribution is 2.30. The molecular weight excluding hydrogens is 207 g/mol. The van der Waals surface area contributed by atoms with Crippen molar-refractivity contribution in [1.82, 2.24) is 0 Å².